The summed E-state index contributed by atoms with van der Waals surface area (Å²) in [7, 11) is 0. The molecule has 10 rings (SSSR count). The zero-order chi connectivity index (χ0) is 36.6. The Balaban J connectivity index is 0.00000410. The van der Waals surface area contributed by atoms with Crippen molar-refractivity contribution in [1.82, 2.24) is 29.9 Å². The second-order valence-electron chi connectivity index (χ2n) is 13.2. The minimum absolute atomic E-state index is 0. The van der Waals surface area contributed by atoms with E-state index in [1.165, 1.54) is 0 Å². The number of hydrogen-bond donors (Lipinski definition) is 0. The average molecular weight is 771 g/mol. The maximum absolute atomic E-state index is 5.43. The molecule has 56 heavy (non-hydrogen) atoms. The molecule has 2 aliphatic rings. The van der Waals surface area contributed by atoms with Gasteiger partial charge in [-0.2, -0.15) is 0 Å². The smallest absolute Gasteiger partial charge is 0.657 e. The number of rotatable bonds is 6. The zero-order valence-electron chi connectivity index (χ0n) is 30.2. The molecule has 0 atom stereocenters. The van der Waals surface area contributed by atoms with Crippen molar-refractivity contribution in [2.24, 2.45) is 0 Å². The Morgan fingerprint density at radius 2 is 0.714 bits per heavy atom. The van der Waals surface area contributed by atoms with Gasteiger partial charge in [0.05, 0.1) is 28.5 Å². The van der Waals surface area contributed by atoms with E-state index < -0.39 is 0 Å². The molecule has 8 aromatic rings. The van der Waals surface area contributed by atoms with E-state index in [0.717, 1.165) is 95.3 Å². The van der Waals surface area contributed by atoms with Gasteiger partial charge in [0.15, 0.2) is 0 Å². The van der Waals surface area contributed by atoms with Gasteiger partial charge in [0.2, 0.25) is 0 Å². The predicted octanol–water partition coefficient (Wildman–Crippen LogP) is 11.2. The van der Waals surface area contributed by atoms with Crippen LogP contribution in [0, 0.1) is 0 Å². The molecule has 0 N–H and O–H groups in total. The van der Waals surface area contributed by atoms with Gasteiger partial charge < -0.3 is 14.9 Å². The maximum Gasteiger partial charge on any atom is 2.00 e. The van der Waals surface area contributed by atoms with Crippen molar-refractivity contribution in [1.29, 1.82) is 0 Å². The summed E-state index contributed by atoms with van der Waals surface area (Å²) in [6.45, 7) is 0. The van der Waals surface area contributed by atoms with Crippen molar-refractivity contribution in [2.45, 2.75) is 0 Å². The van der Waals surface area contributed by atoms with E-state index in [4.69, 9.17) is 19.9 Å². The third kappa shape index (κ3) is 6.36. The minimum Gasteiger partial charge on any atom is -0.657 e. The Kier molecular flexibility index (Phi) is 9.31. The standard InChI is InChI=1S/C48H31N7.Zn/c1-4-10-32(11-5-1)45-37-16-18-39(51-37)46(33-24-28-49-29-25-33)41-20-22-43(53-41)48(55(35-12-6-2-7-13-35)36-14-8-3-9-15-36)44-23-21-42(54-44)47(34-26-30-50-31-27-34)40-19-17-38(45)52-40;/h1-31H;/q-2;+2. The van der Waals surface area contributed by atoms with Gasteiger partial charge in [-0.05, 0) is 106 Å². The Morgan fingerprint density at radius 1 is 0.357 bits per heavy atom. The molecular weight excluding hydrogens is 740 g/mol. The van der Waals surface area contributed by atoms with E-state index in [-0.39, 0.29) is 19.5 Å². The SMILES string of the molecule is C1=Cc2nc1c(-c1ccccc1)c1ccc([n-]1)c(-c1ccncc1)c1nc(c(N(c3ccccc3)c3ccccc3)c3ccc([n-]3)c2-c2ccncc2)C=C1.[Zn+2]. The second-order valence-corrected chi connectivity index (χ2v) is 13.2. The van der Waals surface area contributed by atoms with E-state index in [2.05, 4.69) is 124 Å². The van der Waals surface area contributed by atoms with Gasteiger partial charge in [0.1, 0.15) is 0 Å². The van der Waals surface area contributed by atoms with Gasteiger partial charge in [0, 0.05) is 36.2 Å². The minimum atomic E-state index is 0. The largest absolute Gasteiger partial charge is 2.00 e. The number of nitrogens with zero attached hydrogens (tertiary/aromatic N) is 7. The number of aromatic nitrogens is 6. The summed E-state index contributed by atoms with van der Waals surface area (Å²) < 4.78 is 0. The van der Waals surface area contributed by atoms with Crippen LogP contribution in [-0.4, -0.2) is 19.9 Å². The molecule has 0 unspecified atom stereocenters. The number of anilines is 3. The molecular formula is C48H31N7Zn. The fraction of sp³-hybridized carbons (Fsp3) is 0. The van der Waals surface area contributed by atoms with Crippen molar-refractivity contribution in [3.63, 3.8) is 0 Å². The quantitative estimate of drug-likeness (QED) is 0.156. The normalized spacial score (nSPS) is 11.6. The third-order valence-corrected chi connectivity index (χ3v) is 9.83. The van der Waals surface area contributed by atoms with Crippen LogP contribution in [0.1, 0.15) is 22.8 Å². The van der Waals surface area contributed by atoms with E-state index in [1.54, 1.807) is 0 Å². The monoisotopic (exact) mass is 769 g/mol. The summed E-state index contributed by atoms with van der Waals surface area (Å²) in [6, 6.07) is 47.4. The van der Waals surface area contributed by atoms with Crippen LogP contribution in [0.5, 0.6) is 0 Å². The van der Waals surface area contributed by atoms with Gasteiger partial charge in [0.25, 0.3) is 0 Å². The molecule has 0 saturated carbocycles. The summed E-state index contributed by atoms with van der Waals surface area (Å²) in [4.78, 5) is 32.4. The number of pyridine rings is 2. The molecule has 0 amide bonds. The van der Waals surface area contributed by atoms with Crippen LogP contribution in [0.25, 0.3) is 79.8 Å². The van der Waals surface area contributed by atoms with Crippen molar-refractivity contribution in [3.05, 3.63) is 187 Å². The van der Waals surface area contributed by atoms with Gasteiger partial charge in [-0.25, -0.2) is 9.97 Å². The zero-order valence-corrected chi connectivity index (χ0v) is 33.2. The number of fused-ring (bicyclic) bond motifs is 8. The fourth-order valence-corrected chi connectivity index (χ4v) is 7.39. The number of benzene rings is 3. The van der Waals surface area contributed by atoms with Gasteiger partial charge in [-0.1, -0.05) is 91.0 Å². The van der Waals surface area contributed by atoms with Crippen LogP contribution in [0.2, 0.25) is 0 Å². The van der Waals surface area contributed by atoms with Crippen molar-refractivity contribution < 1.29 is 19.5 Å². The van der Waals surface area contributed by atoms with Crippen LogP contribution in [0.3, 0.4) is 0 Å². The molecule has 0 aliphatic carbocycles. The van der Waals surface area contributed by atoms with Crippen LogP contribution >= 0.6 is 0 Å². The first-order valence-corrected chi connectivity index (χ1v) is 18.1. The topological polar surface area (TPSA) is 83.0 Å². The Labute approximate surface area is 336 Å². The fourth-order valence-electron chi connectivity index (χ4n) is 7.39. The second kappa shape index (κ2) is 15.0. The van der Waals surface area contributed by atoms with Crippen LogP contribution < -0.4 is 14.9 Å². The predicted molar refractivity (Wildman–Crippen MR) is 223 cm³/mol. The van der Waals surface area contributed by atoms with Gasteiger partial charge in [-0.3, -0.25) is 9.97 Å². The van der Waals surface area contributed by atoms with E-state index in [9.17, 15) is 0 Å². The molecule has 0 fully saturated rings. The van der Waals surface area contributed by atoms with Crippen LogP contribution in [0.4, 0.5) is 17.1 Å². The van der Waals surface area contributed by atoms with Crippen molar-refractivity contribution in [2.75, 3.05) is 4.90 Å². The molecule has 7 nitrogen and oxygen atoms in total. The van der Waals surface area contributed by atoms with Crippen LogP contribution in [0.15, 0.2) is 164 Å². The molecule has 3 aromatic carbocycles. The van der Waals surface area contributed by atoms with E-state index in [1.807, 2.05) is 79.4 Å². The molecule has 7 heterocycles. The first-order valence-electron chi connectivity index (χ1n) is 18.1. The number of para-hydroxylation sites is 2. The van der Waals surface area contributed by atoms with Gasteiger partial charge in [-0.15, -0.1) is 22.1 Å². The summed E-state index contributed by atoms with van der Waals surface area (Å²) in [5.41, 5.74) is 14.9. The molecule has 5 aromatic heterocycles. The first-order chi connectivity index (χ1) is 27.3. The van der Waals surface area contributed by atoms with Gasteiger partial charge >= 0.3 is 19.5 Å². The maximum atomic E-state index is 5.43. The molecule has 2 aliphatic heterocycles. The Morgan fingerprint density at radius 3 is 1.18 bits per heavy atom. The first kappa shape index (κ1) is 34.7. The summed E-state index contributed by atoms with van der Waals surface area (Å²) in [5.74, 6) is 0. The van der Waals surface area contributed by atoms with Crippen molar-refractivity contribution >= 4 is 63.4 Å². The third-order valence-electron chi connectivity index (χ3n) is 9.83. The molecule has 8 heteroatoms. The molecule has 8 bridgehead atoms. The molecule has 0 radical (unpaired) electrons. The van der Waals surface area contributed by atoms with E-state index in [0.29, 0.717) is 0 Å². The molecule has 0 spiro atoms. The Hall–Kier alpha value is -7.02. The summed E-state index contributed by atoms with van der Waals surface area (Å²) in [6.07, 6.45) is 15.6. The van der Waals surface area contributed by atoms with Crippen molar-refractivity contribution in [3.8, 4) is 33.4 Å². The molecule has 260 valence electrons. The van der Waals surface area contributed by atoms with Crippen LogP contribution in [-0.2, 0) is 19.5 Å². The van der Waals surface area contributed by atoms with E-state index >= 15 is 0 Å². The summed E-state index contributed by atoms with van der Waals surface area (Å²) >= 11 is 0. The average Bonchev–Trinajstić information content (AvgIpc) is 4.09. The number of hydrogen-bond acceptors (Lipinski definition) is 5. The Bertz CT molecular complexity index is 2830. The summed E-state index contributed by atoms with van der Waals surface area (Å²) in [5, 5.41) is 0. The molecule has 0 saturated heterocycles.